The van der Waals surface area contributed by atoms with Crippen molar-refractivity contribution in [2.24, 2.45) is 0 Å². The van der Waals surface area contributed by atoms with Gasteiger partial charge in [0.15, 0.2) is 5.82 Å². The molecule has 0 spiro atoms. The molecule has 13 heteroatoms. The van der Waals surface area contributed by atoms with Gasteiger partial charge < -0.3 is 25.6 Å². The van der Waals surface area contributed by atoms with E-state index < -0.39 is 32.3 Å². The topological polar surface area (TPSA) is 128 Å². The van der Waals surface area contributed by atoms with Gasteiger partial charge in [-0.25, -0.2) is 17.2 Å². The molecule has 0 unspecified atom stereocenters. The van der Waals surface area contributed by atoms with Crippen molar-refractivity contribution in [2.45, 2.75) is 28.7 Å². The van der Waals surface area contributed by atoms with E-state index in [9.17, 15) is 22.0 Å². The van der Waals surface area contributed by atoms with E-state index >= 15 is 0 Å². The summed E-state index contributed by atoms with van der Waals surface area (Å²) in [5, 5.41) is 17.0. The molecule has 4 N–H and O–H groups in total. The minimum Gasteiger partial charge on any atom is -0.381 e. The van der Waals surface area contributed by atoms with Gasteiger partial charge in [-0.3, -0.25) is 9.89 Å². The Morgan fingerprint density at radius 2 is 1.69 bits per heavy atom. The van der Waals surface area contributed by atoms with Crippen LogP contribution < -0.4 is 20.9 Å². The second-order valence-corrected chi connectivity index (χ2v) is 12.3. The van der Waals surface area contributed by atoms with Gasteiger partial charge in [0.25, 0.3) is 5.91 Å². The number of aromatic amines is 1. The minimum absolute atomic E-state index is 0.126. The monoisotopic (exact) mass is 596 g/mol. The van der Waals surface area contributed by atoms with Gasteiger partial charge in [-0.2, -0.15) is 5.10 Å². The van der Waals surface area contributed by atoms with Gasteiger partial charge in [-0.05, 0) is 61.4 Å². The second-order valence-electron chi connectivity index (χ2n) is 10.3. The average molecular weight is 597 g/mol. The van der Waals surface area contributed by atoms with Crippen LogP contribution in [0.5, 0.6) is 0 Å². The summed E-state index contributed by atoms with van der Waals surface area (Å²) >= 11 is 0. The summed E-state index contributed by atoms with van der Waals surface area (Å²) in [5.41, 5.74) is 2.59. The molecule has 2 aliphatic rings. The van der Waals surface area contributed by atoms with Crippen molar-refractivity contribution >= 4 is 43.8 Å². The van der Waals surface area contributed by atoms with Gasteiger partial charge in [0.1, 0.15) is 11.6 Å². The third-order valence-electron chi connectivity index (χ3n) is 7.53. The molecule has 6 rings (SSSR count). The lowest BCUT2D eigenvalue weighted by Crippen LogP contribution is -2.43. The van der Waals surface area contributed by atoms with E-state index in [2.05, 4.69) is 31.0 Å². The quantitative estimate of drug-likeness (QED) is 0.253. The lowest BCUT2D eigenvalue weighted by Gasteiger charge is -2.31. The van der Waals surface area contributed by atoms with E-state index in [1.807, 2.05) is 12.1 Å². The van der Waals surface area contributed by atoms with E-state index in [0.717, 1.165) is 56.8 Å². The number of fused-ring (bicyclic) bond motifs is 1. The van der Waals surface area contributed by atoms with Gasteiger partial charge in [0, 0.05) is 68.3 Å². The molecular formula is C29H30F2N6O4S. The molecule has 1 amide bonds. The Kier molecular flexibility index (Phi) is 7.80. The first kappa shape index (κ1) is 28.1. The number of rotatable bonds is 7. The highest BCUT2D eigenvalue weighted by atomic mass is 32.2. The average Bonchev–Trinajstić information content (AvgIpc) is 3.39. The summed E-state index contributed by atoms with van der Waals surface area (Å²) in [5.74, 6) is -2.30. The Morgan fingerprint density at radius 3 is 2.43 bits per heavy atom. The predicted molar refractivity (Wildman–Crippen MR) is 155 cm³/mol. The van der Waals surface area contributed by atoms with E-state index in [-0.39, 0.29) is 16.8 Å². The molecule has 2 saturated heterocycles. The van der Waals surface area contributed by atoms with Crippen LogP contribution in [0.1, 0.15) is 23.2 Å². The number of sulfone groups is 1. The molecule has 0 aliphatic carbocycles. The summed E-state index contributed by atoms with van der Waals surface area (Å²) in [7, 11) is -4.25. The zero-order chi connectivity index (χ0) is 29.3. The van der Waals surface area contributed by atoms with Crippen LogP contribution in [0.4, 0.5) is 26.0 Å². The number of nitrogens with zero attached hydrogens (tertiary/aromatic N) is 2. The van der Waals surface area contributed by atoms with E-state index in [4.69, 9.17) is 4.74 Å². The zero-order valence-electron chi connectivity index (χ0n) is 22.6. The lowest BCUT2D eigenvalue weighted by molar-refractivity contribution is 0.0904. The molecule has 2 fully saturated rings. The van der Waals surface area contributed by atoms with Crippen molar-refractivity contribution < 1.29 is 26.7 Å². The first-order valence-corrected chi connectivity index (χ1v) is 15.2. The highest BCUT2D eigenvalue weighted by Crippen LogP contribution is 2.31. The van der Waals surface area contributed by atoms with E-state index in [1.165, 1.54) is 18.2 Å². The van der Waals surface area contributed by atoms with Gasteiger partial charge >= 0.3 is 0 Å². The zero-order valence-corrected chi connectivity index (χ0v) is 23.4. The number of ether oxygens (including phenoxy) is 1. The molecule has 1 aromatic heterocycles. The molecule has 4 aromatic rings. The fourth-order valence-electron chi connectivity index (χ4n) is 5.28. The van der Waals surface area contributed by atoms with Crippen LogP contribution >= 0.6 is 0 Å². The van der Waals surface area contributed by atoms with Crippen molar-refractivity contribution in [3.63, 3.8) is 0 Å². The minimum atomic E-state index is -4.25. The van der Waals surface area contributed by atoms with Crippen LogP contribution in [0.2, 0.25) is 0 Å². The third-order valence-corrected chi connectivity index (χ3v) is 9.26. The lowest BCUT2D eigenvalue weighted by atomic mass is 10.1. The third kappa shape index (κ3) is 5.80. The Hall–Kier alpha value is -4.07. The van der Waals surface area contributed by atoms with Crippen LogP contribution in [-0.2, 0) is 14.6 Å². The molecule has 3 aromatic carbocycles. The fourth-order valence-corrected chi connectivity index (χ4v) is 6.61. The molecule has 0 bridgehead atoms. The summed E-state index contributed by atoms with van der Waals surface area (Å²) in [6.07, 6.45) is 1.63. The number of hydrogen-bond acceptors (Lipinski definition) is 8. The van der Waals surface area contributed by atoms with Gasteiger partial charge in [-0.1, -0.05) is 0 Å². The van der Waals surface area contributed by atoms with Crippen molar-refractivity contribution in [3.05, 3.63) is 71.8 Å². The molecule has 2 aliphatic heterocycles. The smallest absolute Gasteiger partial charge is 0.258 e. The normalized spacial score (nSPS) is 16.5. The van der Waals surface area contributed by atoms with Crippen molar-refractivity contribution in [2.75, 3.05) is 54.9 Å². The molecular weight excluding hydrogens is 566 g/mol. The molecule has 42 heavy (non-hydrogen) atoms. The first-order chi connectivity index (χ1) is 20.3. The molecule has 0 radical (unpaired) electrons. The maximum Gasteiger partial charge on any atom is 0.258 e. The standard InChI is InChI=1S/C29H30F2N6O4S/c30-18-13-19(31)15-23(14-18)42(39,40)22-2-4-26-25(17-22)28(36-35-26)34-29(38)24-3-1-21(37-9-7-32-8-10-37)16-27(24)33-20-5-11-41-12-6-20/h1-4,13-17,20,32-33H,5-12H2,(H2,34,35,36,38). The fraction of sp³-hybridized carbons (Fsp3) is 0.310. The van der Waals surface area contributed by atoms with E-state index in [0.29, 0.717) is 41.4 Å². The Morgan fingerprint density at radius 1 is 0.952 bits per heavy atom. The number of piperazine rings is 1. The van der Waals surface area contributed by atoms with Crippen LogP contribution in [-0.4, -0.2) is 70.0 Å². The Balaban J connectivity index is 1.31. The number of nitrogens with one attached hydrogen (secondary N) is 4. The Bertz CT molecular complexity index is 1710. The van der Waals surface area contributed by atoms with Crippen LogP contribution in [0, 0.1) is 11.6 Å². The first-order valence-electron chi connectivity index (χ1n) is 13.7. The number of anilines is 3. The summed E-state index contributed by atoms with van der Waals surface area (Å²) in [6, 6.07) is 12.1. The van der Waals surface area contributed by atoms with Crippen LogP contribution in [0.3, 0.4) is 0 Å². The summed E-state index contributed by atoms with van der Waals surface area (Å²) < 4.78 is 59.4. The number of amides is 1. The number of hydrogen-bond donors (Lipinski definition) is 4. The molecule has 220 valence electrons. The van der Waals surface area contributed by atoms with Gasteiger partial charge in [-0.15, -0.1) is 0 Å². The number of aromatic nitrogens is 2. The molecule has 0 atom stereocenters. The van der Waals surface area contributed by atoms with Crippen molar-refractivity contribution in [3.8, 4) is 0 Å². The van der Waals surface area contributed by atoms with Crippen molar-refractivity contribution in [1.29, 1.82) is 0 Å². The number of carbonyl (C=O) groups excluding carboxylic acids is 1. The van der Waals surface area contributed by atoms with Crippen LogP contribution in [0.15, 0.2) is 64.4 Å². The molecule has 10 nitrogen and oxygen atoms in total. The number of H-pyrrole nitrogens is 1. The van der Waals surface area contributed by atoms with Gasteiger partial charge in [0.05, 0.1) is 20.9 Å². The maximum atomic E-state index is 13.8. The highest BCUT2D eigenvalue weighted by Gasteiger charge is 2.24. The number of benzene rings is 3. The van der Waals surface area contributed by atoms with Crippen molar-refractivity contribution in [1.82, 2.24) is 15.5 Å². The van der Waals surface area contributed by atoms with E-state index in [1.54, 1.807) is 6.07 Å². The molecule has 0 saturated carbocycles. The predicted octanol–water partition coefficient (Wildman–Crippen LogP) is 3.93. The second kappa shape index (κ2) is 11.7. The number of carbonyl (C=O) groups is 1. The molecule has 3 heterocycles. The summed E-state index contributed by atoms with van der Waals surface area (Å²) in [4.78, 5) is 15.2. The summed E-state index contributed by atoms with van der Waals surface area (Å²) in [6.45, 7) is 4.75. The number of halogens is 2. The largest absolute Gasteiger partial charge is 0.381 e. The van der Waals surface area contributed by atoms with Crippen LogP contribution in [0.25, 0.3) is 10.9 Å². The Labute approximate surface area is 241 Å². The SMILES string of the molecule is O=C(Nc1n[nH]c2ccc(S(=O)(=O)c3cc(F)cc(F)c3)cc12)c1ccc(N2CCNCC2)cc1NC1CCOCC1. The highest BCUT2D eigenvalue weighted by molar-refractivity contribution is 7.91. The van der Waals surface area contributed by atoms with Gasteiger partial charge in [0.2, 0.25) is 9.84 Å². The maximum absolute atomic E-state index is 13.8.